The summed E-state index contributed by atoms with van der Waals surface area (Å²) in [6, 6.07) is 3.41. The number of hydrogen-bond acceptors (Lipinski definition) is 2. The van der Waals surface area contributed by atoms with E-state index in [2.05, 4.69) is 0 Å². The number of carbonyl (C=O) groups is 1. The Balaban J connectivity index is 0.000000461. The summed E-state index contributed by atoms with van der Waals surface area (Å²) in [5.74, 6) is -0.840. The van der Waals surface area contributed by atoms with Crippen LogP contribution >= 0.6 is 11.3 Å². The maximum atomic E-state index is 10.2. The number of carboxylic acids is 1. The van der Waals surface area contributed by atoms with Crippen LogP contribution in [-0.2, 0) is 0 Å². The van der Waals surface area contributed by atoms with E-state index in [1.54, 1.807) is 12.1 Å². The lowest BCUT2D eigenvalue weighted by Gasteiger charge is -1.80. The Hall–Kier alpha value is -0.830. The van der Waals surface area contributed by atoms with E-state index in [0.29, 0.717) is 4.88 Å². The first-order chi connectivity index (χ1) is 5.20. The van der Waals surface area contributed by atoms with Crippen molar-refractivity contribution in [3.8, 4) is 0 Å². The number of aryl methyl sites for hydroxylation is 1. The first kappa shape index (κ1) is 10.2. The van der Waals surface area contributed by atoms with E-state index in [0.717, 1.165) is 4.88 Å². The molecular formula is C8H12O2S. The second-order valence-corrected chi connectivity index (χ2v) is 3.00. The van der Waals surface area contributed by atoms with E-state index in [4.69, 9.17) is 5.11 Å². The molecule has 0 unspecified atom stereocenters. The maximum Gasteiger partial charge on any atom is 0.345 e. The summed E-state index contributed by atoms with van der Waals surface area (Å²) in [5, 5.41) is 8.41. The third-order valence-corrected chi connectivity index (χ3v) is 1.94. The van der Waals surface area contributed by atoms with Gasteiger partial charge >= 0.3 is 5.97 Å². The minimum absolute atomic E-state index is 0.410. The molecule has 0 saturated heterocycles. The monoisotopic (exact) mass is 172 g/mol. The van der Waals surface area contributed by atoms with Gasteiger partial charge in [-0.05, 0) is 19.1 Å². The molecule has 62 valence electrons. The average Bonchev–Trinajstić information content (AvgIpc) is 2.40. The minimum Gasteiger partial charge on any atom is -0.477 e. The molecule has 0 aromatic carbocycles. The fourth-order valence-electron chi connectivity index (χ4n) is 0.549. The lowest BCUT2D eigenvalue weighted by molar-refractivity contribution is 0.0702. The highest BCUT2D eigenvalue weighted by Crippen LogP contribution is 2.13. The SMILES string of the molecule is CC.Cc1ccc(C(=O)O)s1. The van der Waals surface area contributed by atoms with Crippen LogP contribution in [0.15, 0.2) is 12.1 Å². The predicted octanol–water partition coefficient (Wildman–Crippen LogP) is 2.78. The van der Waals surface area contributed by atoms with E-state index in [1.165, 1.54) is 11.3 Å². The molecule has 0 spiro atoms. The molecule has 0 amide bonds. The summed E-state index contributed by atoms with van der Waals surface area (Å²) in [6.45, 7) is 5.89. The summed E-state index contributed by atoms with van der Waals surface area (Å²) in [5.41, 5.74) is 0. The van der Waals surface area contributed by atoms with Crippen molar-refractivity contribution >= 4 is 17.3 Å². The van der Waals surface area contributed by atoms with Crippen LogP contribution in [0.4, 0.5) is 0 Å². The minimum atomic E-state index is -0.840. The first-order valence-electron chi connectivity index (χ1n) is 3.50. The van der Waals surface area contributed by atoms with E-state index in [9.17, 15) is 4.79 Å². The molecule has 0 aliphatic heterocycles. The molecule has 1 N–H and O–H groups in total. The van der Waals surface area contributed by atoms with Gasteiger partial charge in [0.15, 0.2) is 0 Å². The van der Waals surface area contributed by atoms with Crippen molar-refractivity contribution in [2.24, 2.45) is 0 Å². The number of aromatic carboxylic acids is 1. The lowest BCUT2D eigenvalue weighted by atomic mass is 10.4. The van der Waals surface area contributed by atoms with E-state index in [-0.39, 0.29) is 0 Å². The molecule has 0 aliphatic rings. The Labute approximate surface area is 70.5 Å². The number of carboxylic acid groups (broad SMARTS) is 1. The second-order valence-electron chi connectivity index (χ2n) is 1.72. The summed E-state index contributed by atoms with van der Waals surface area (Å²) >= 11 is 1.30. The van der Waals surface area contributed by atoms with Gasteiger partial charge in [-0.2, -0.15) is 0 Å². The van der Waals surface area contributed by atoms with Crippen LogP contribution in [0, 0.1) is 6.92 Å². The van der Waals surface area contributed by atoms with Gasteiger partial charge in [0, 0.05) is 4.88 Å². The van der Waals surface area contributed by atoms with Crippen LogP contribution in [-0.4, -0.2) is 11.1 Å². The van der Waals surface area contributed by atoms with Crippen LogP contribution < -0.4 is 0 Å². The van der Waals surface area contributed by atoms with Crippen LogP contribution in [0.5, 0.6) is 0 Å². The zero-order chi connectivity index (χ0) is 8.85. The van der Waals surface area contributed by atoms with Gasteiger partial charge in [-0.25, -0.2) is 4.79 Å². The molecule has 1 aromatic rings. The smallest absolute Gasteiger partial charge is 0.345 e. The summed E-state index contributed by atoms with van der Waals surface area (Å²) in [6.07, 6.45) is 0. The molecule has 1 heterocycles. The standard InChI is InChI=1S/C6H6O2S.C2H6/c1-4-2-3-5(9-4)6(7)8;1-2/h2-3H,1H3,(H,7,8);1-2H3. The van der Waals surface area contributed by atoms with Gasteiger partial charge in [0.1, 0.15) is 4.88 Å². The van der Waals surface area contributed by atoms with Crippen molar-refractivity contribution in [1.82, 2.24) is 0 Å². The van der Waals surface area contributed by atoms with Crippen molar-refractivity contribution in [3.05, 3.63) is 21.9 Å². The molecule has 0 aliphatic carbocycles. The highest BCUT2D eigenvalue weighted by Gasteiger charge is 2.02. The molecule has 0 bridgehead atoms. The van der Waals surface area contributed by atoms with Gasteiger partial charge < -0.3 is 5.11 Å². The Morgan fingerprint density at radius 1 is 1.45 bits per heavy atom. The molecule has 3 heteroatoms. The quantitative estimate of drug-likeness (QED) is 0.707. The Kier molecular flexibility index (Phi) is 4.54. The van der Waals surface area contributed by atoms with Gasteiger partial charge in [-0.3, -0.25) is 0 Å². The fourth-order valence-corrected chi connectivity index (χ4v) is 1.26. The molecule has 11 heavy (non-hydrogen) atoms. The van der Waals surface area contributed by atoms with E-state index >= 15 is 0 Å². The molecule has 1 aromatic heterocycles. The average molecular weight is 172 g/mol. The number of hydrogen-bond donors (Lipinski definition) is 1. The third-order valence-electron chi connectivity index (χ3n) is 0.951. The number of rotatable bonds is 1. The summed E-state index contributed by atoms with van der Waals surface area (Å²) in [4.78, 5) is 11.7. The molecule has 0 radical (unpaired) electrons. The predicted molar refractivity (Wildman–Crippen MR) is 47.4 cm³/mol. The first-order valence-corrected chi connectivity index (χ1v) is 4.31. The fraction of sp³-hybridized carbons (Fsp3) is 0.375. The zero-order valence-electron chi connectivity index (χ0n) is 6.92. The third kappa shape index (κ3) is 3.18. The number of thiophene rings is 1. The van der Waals surface area contributed by atoms with E-state index in [1.807, 2.05) is 20.8 Å². The molecule has 2 nitrogen and oxygen atoms in total. The lowest BCUT2D eigenvalue weighted by Crippen LogP contribution is -1.89. The second kappa shape index (κ2) is 4.91. The van der Waals surface area contributed by atoms with Gasteiger partial charge in [0.05, 0.1) is 0 Å². The largest absolute Gasteiger partial charge is 0.477 e. The van der Waals surface area contributed by atoms with E-state index < -0.39 is 5.97 Å². The Morgan fingerprint density at radius 3 is 2.18 bits per heavy atom. The zero-order valence-corrected chi connectivity index (χ0v) is 7.73. The highest BCUT2D eigenvalue weighted by molar-refractivity contribution is 7.13. The van der Waals surface area contributed by atoms with Gasteiger partial charge in [-0.1, -0.05) is 13.8 Å². The molecule has 0 saturated carbocycles. The topological polar surface area (TPSA) is 37.3 Å². The molecule has 0 fully saturated rings. The van der Waals surface area contributed by atoms with Gasteiger partial charge in [-0.15, -0.1) is 11.3 Å². The van der Waals surface area contributed by atoms with Gasteiger partial charge in [0.2, 0.25) is 0 Å². The summed E-state index contributed by atoms with van der Waals surface area (Å²) in [7, 11) is 0. The normalized spacial score (nSPS) is 8.27. The maximum absolute atomic E-state index is 10.2. The van der Waals surface area contributed by atoms with Crippen LogP contribution in [0.25, 0.3) is 0 Å². The molecular weight excluding hydrogens is 160 g/mol. The van der Waals surface area contributed by atoms with Gasteiger partial charge in [0.25, 0.3) is 0 Å². The molecule has 0 atom stereocenters. The van der Waals surface area contributed by atoms with Crippen molar-refractivity contribution in [3.63, 3.8) is 0 Å². The van der Waals surface area contributed by atoms with Crippen LogP contribution in [0.1, 0.15) is 28.4 Å². The van der Waals surface area contributed by atoms with Crippen molar-refractivity contribution in [2.45, 2.75) is 20.8 Å². The van der Waals surface area contributed by atoms with Crippen molar-refractivity contribution in [1.29, 1.82) is 0 Å². The van der Waals surface area contributed by atoms with Crippen LogP contribution in [0.3, 0.4) is 0 Å². The Bertz CT molecular complexity index is 228. The van der Waals surface area contributed by atoms with Crippen molar-refractivity contribution < 1.29 is 9.90 Å². The molecule has 1 rings (SSSR count). The summed E-state index contributed by atoms with van der Waals surface area (Å²) < 4.78 is 0. The highest BCUT2D eigenvalue weighted by atomic mass is 32.1. The van der Waals surface area contributed by atoms with Crippen molar-refractivity contribution in [2.75, 3.05) is 0 Å². The van der Waals surface area contributed by atoms with Crippen LogP contribution in [0.2, 0.25) is 0 Å². The Morgan fingerprint density at radius 2 is 2.00 bits per heavy atom.